The minimum absolute atomic E-state index is 0.180. The van der Waals surface area contributed by atoms with Crippen molar-refractivity contribution in [2.75, 3.05) is 19.0 Å². The van der Waals surface area contributed by atoms with Crippen molar-refractivity contribution in [2.24, 2.45) is 0 Å². The molecule has 0 bridgehead atoms. The van der Waals surface area contributed by atoms with Crippen molar-refractivity contribution in [3.63, 3.8) is 0 Å². The Labute approximate surface area is 119 Å². The molecule has 2 aromatic rings. The molecule has 2 rings (SSSR count). The zero-order chi connectivity index (χ0) is 14.5. The smallest absolute Gasteiger partial charge is 0.129 e. The van der Waals surface area contributed by atoms with E-state index in [1.807, 2.05) is 50.2 Å². The van der Waals surface area contributed by atoms with Crippen LogP contribution in [0, 0.1) is 12.7 Å². The Balaban J connectivity index is 2.25. The van der Waals surface area contributed by atoms with Gasteiger partial charge < -0.3 is 10.2 Å². The van der Waals surface area contributed by atoms with E-state index in [0.29, 0.717) is 18.7 Å². The molecule has 1 N–H and O–H groups in total. The molecule has 0 radical (unpaired) electrons. The topological polar surface area (TPSA) is 28.2 Å². The lowest BCUT2D eigenvalue weighted by Crippen LogP contribution is -2.21. The molecule has 0 amide bonds. The molecule has 0 spiro atoms. The van der Waals surface area contributed by atoms with E-state index in [1.54, 1.807) is 6.07 Å². The number of pyridine rings is 1. The van der Waals surface area contributed by atoms with Gasteiger partial charge in [-0.2, -0.15) is 0 Å². The summed E-state index contributed by atoms with van der Waals surface area (Å²) in [5.74, 6) is -0.180. The van der Waals surface area contributed by atoms with Crippen LogP contribution in [-0.2, 0) is 13.1 Å². The van der Waals surface area contributed by atoms with E-state index < -0.39 is 0 Å². The molecule has 1 aromatic heterocycles. The highest BCUT2D eigenvalue weighted by molar-refractivity contribution is 5.53. The summed E-state index contributed by atoms with van der Waals surface area (Å²) in [7, 11) is 3.77. The number of aryl methyl sites for hydroxylation is 1. The standard InChI is InChI=1S/C16H20FN3/c1-12-6-4-7-13(19-12)11-20(3)16-9-5-8-15(17)14(16)10-18-2/h4-9,18H,10-11H2,1-3H3. The molecular formula is C16H20FN3. The number of halogens is 1. The fraction of sp³-hybridized carbons (Fsp3) is 0.312. The first-order chi connectivity index (χ1) is 9.61. The molecule has 0 aliphatic carbocycles. The Morgan fingerprint density at radius 2 is 1.95 bits per heavy atom. The fourth-order valence-electron chi connectivity index (χ4n) is 2.27. The summed E-state index contributed by atoms with van der Waals surface area (Å²) < 4.78 is 13.9. The van der Waals surface area contributed by atoms with Crippen molar-refractivity contribution in [3.8, 4) is 0 Å². The summed E-state index contributed by atoms with van der Waals surface area (Å²) in [5, 5.41) is 3.01. The normalized spacial score (nSPS) is 10.6. The number of aromatic nitrogens is 1. The van der Waals surface area contributed by atoms with Crippen LogP contribution in [0.1, 0.15) is 17.0 Å². The first kappa shape index (κ1) is 14.5. The summed E-state index contributed by atoms with van der Waals surface area (Å²) in [5.41, 5.74) is 3.55. The number of nitrogens with one attached hydrogen (secondary N) is 1. The number of nitrogens with zero attached hydrogens (tertiary/aromatic N) is 2. The van der Waals surface area contributed by atoms with Gasteiger partial charge in [0.2, 0.25) is 0 Å². The second kappa shape index (κ2) is 6.48. The van der Waals surface area contributed by atoms with Crippen LogP contribution in [0.3, 0.4) is 0 Å². The van der Waals surface area contributed by atoms with Crippen LogP contribution in [0.2, 0.25) is 0 Å². The fourth-order valence-corrected chi connectivity index (χ4v) is 2.27. The Morgan fingerprint density at radius 3 is 2.65 bits per heavy atom. The van der Waals surface area contributed by atoms with Gasteiger partial charge in [-0.3, -0.25) is 4.98 Å². The minimum atomic E-state index is -0.180. The van der Waals surface area contributed by atoms with Crippen LogP contribution in [0.25, 0.3) is 0 Å². The van der Waals surface area contributed by atoms with Gasteiger partial charge in [0, 0.05) is 30.5 Å². The third kappa shape index (κ3) is 3.33. The molecule has 20 heavy (non-hydrogen) atoms. The van der Waals surface area contributed by atoms with Crippen molar-refractivity contribution in [1.29, 1.82) is 0 Å². The van der Waals surface area contributed by atoms with Gasteiger partial charge in [0.25, 0.3) is 0 Å². The summed E-state index contributed by atoms with van der Waals surface area (Å²) in [4.78, 5) is 6.51. The molecule has 0 atom stereocenters. The molecule has 0 unspecified atom stereocenters. The van der Waals surface area contributed by atoms with Gasteiger partial charge in [-0.15, -0.1) is 0 Å². The second-order valence-electron chi connectivity index (χ2n) is 4.89. The molecule has 1 heterocycles. The van der Waals surface area contributed by atoms with Crippen molar-refractivity contribution < 1.29 is 4.39 Å². The largest absolute Gasteiger partial charge is 0.368 e. The molecule has 1 aromatic carbocycles. The Hall–Kier alpha value is -1.94. The van der Waals surface area contributed by atoms with Crippen molar-refractivity contribution in [3.05, 3.63) is 59.2 Å². The lowest BCUT2D eigenvalue weighted by atomic mass is 10.1. The molecule has 0 saturated carbocycles. The third-order valence-electron chi connectivity index (χ3n) is 3.20. The minimum Gasteiger partial charge on any atom is -0.368 e. The first-order valence-electron chi connectivity index (χ1n) is 6.67. The van der Waals surface area contributed by atoms with E-state index in [0.717, 1.165) is 17.1 Å². The monoisotopic (exact) mass is 273 g/mol. The van der Waals surface area contributed by atoms with Crippen LogP contribution in [0.15, 0.2) is 36.4 Å². The van der Waals surface area contributed by atoms with E-state index >= 15 is 0 Å². The van der Waals surface area contributed by atoms with Crippen molar-refractivity contribution in [2.45, 2.75) is 20.0 Å². The van der Waals surface area contributed by atoms with Gasteiger partial charge in [-0.25, -0.2) is 4.39 Å². The van der Waals surface area contributed by atoms with Gasteiger partial charge >= 0.3 is 0 Å². The van der Waals surface area contributed by atoms with Crippen molar-refractivity contribution >= 4 is 5.69 Å². The highest BCUT2D eigenvalue weighted by atomic mass is 19.1. The summed E-state index contributed by atoms with van der Waals surface area (Å²) in [6, 6.07) is 11.1. The lowest BCUT2D eigenvalue weighted by Gasteiger charge is -2.22. The average molecular weight is 273 g/mol. The molecule has 3 nitrogen and oxygen atoms in total. The van der Waals surface area contributed by atoms with E-state index in [-0.39, 0.29) is 5.82 Å². The molecule has 0 fully saturated rings. The maximum absolute atomic E-state index is 13.9. The summed E-state index contributed by atoms with van der Waals surface area (Å²) >= 11 is 0. The predicted octanol–water partition coefficient (Wildman–Crippen LogP) is 2.88. The quantitative estimate of drug-likeness (QED) is 0.908. The Kier molecular flexibility index (Phi) is 4.69. The SMILES string of the molecule is CNCc1c(F)cccc1N(C)Cc1cccc(C)n1. The van der Waals surface area contributed by atoms with Gasteiger partial charge in [0.1, 0.15) is 5.82 Å². The summed E-state index contributed by atoms with van der Waals surface area (Å²) in [6.45, 7) is 3.13. The average Bonchev–Trinajstić information content (AvgIpc) is 2.41. The predicted molar refractivity (Wildman–Crippen MR) is 80.2 cm³/mol. The molecular weight excluding hydrogens is 253 g/mol. The van der Waals surface area contributed by atoms with Gasteiger partial charge in [-0.05, 0) is 38.2 Å². The number of rotatable bonds is 5. The molecule has 0 saturated heterocycles. The van der Waals surface area contributed by atoms with E-state index in [4.69, 9.17) is 0 Å². The number of hydrogen-bond acceptors (Lipinski definition) is 3. The van der Waals surface area contributed by atoms with Gasteiger partial charge in [-0.1, -0.05) is 12.1 Å². The van der Waals surface area contributed by atoms with Gasteiger partial charge in [0.15, 0.2) is 0 Å². The zero-order valence-electron chi connectivity index (χ0n) is 12.2. The number of anilines is 1. The molecule has 4 heteroatoms. The van der Waals surface area contributed by atoms with E-state index in [9.17, 15) is 4.39 Å². The van der Waals surface area contributed by atoms with E-state index in [2.05, 4.69) is 10.3 Å². The van der Waals surface area contributed by atoms with Crippen LogP contribution in [0.4, 0.5) is 10.1 Å². The van der Waals surface area contributed by atoms with E-state index in [1.165, 1.54) is 6.07 Å². The highest BCUT2D eigenvalue weighted by Gasteiger charge is 2.12. The zero-order valence-corrected chi connectivity index (χ0v) is 12.2. The summed E-state index contributed by atoms with van der Waals surface area (Å²) in [6.07, 6.45) is 0. The van der Waals surface area contributed by atoms with Crippen LogP contribution < -0.4 is 10.2 Å². The Morgan fingerprint density at radius 1 is 1.20 bits per heavy atom. The van der Waals surface area contributed by atoms with Crippen molar-refractivity contribution in [1.82, 2.24) is 10.3 Å². The third-order valence-corrected chi connectivity index (χ3v) is 3.20. The molecule has 0 aliphatic rings. The van der Waals surface area contributed by atoms with Crippen LogP contribution >= 0.6 is 0 Å². The number of benzene rings is 1. The maximum Gasteiger partial charge on any atom is 0.129 e. The van der Waals surface area contributed by atoms with Crippen LogP contribution in [0.5, 0.6) is 0 Å². The Bertz CT molecular complexity index is 584. The number of hydrogen-bond donors (Lipinski definition) is 1. The highest BCUT2D eigenvalue weighted by Crippen LogP contribution is 2.23. The first-order valence-corrected chi connectivity index (χ1v) is 6.67. The van der Waals surface area contributed by atoms with Gasteiger partial charge in [0.05, 0.1) is 12.2 Å². The maximum atomic E-state index is 13.9. The molecule has 0 aliphatic heterocycles. The lowest BCUT2D eigenvalue weighted by molar-refractivity contribution is 0.599. The molecule has 106 valence electrons. The van der Waals surface area contributed by atoms with Crippen LogP contribution in [-0.4, -0.2) is 19.1 Å². The second-order valence-corrected chi connectivity index (χ2v) is 4.89.